The minimum absolute atomic E-state index is 0.00197. The van der Waals surface area contributed by atoms with E-state index >= 15 is 0 Å². The molecule has 0 aromatic rings. The fourth-order valence-corrected chi connectivity index (χ4v) is 3.00. The van der Waals surface area contributed by atoms with Crippen LogP contribution in [0.1, 0.15) is 68.7 Å². The monoisotopic (exact) mass is 355 g/mol. The molecule has 2 N–H and O–H groups in total. The lowest BCUT2D eigenvalue weighted by atomic mass is 9.79. The molecule has 0 saturated carbocycles. The van der Waals surface area contributed by atoms with Crippen LogP contribution >= 0.6 is 0 Å². The number of carbonyl (C=O) groups is 2. The second kappa shape index (κ2) is 7.52. The van der Waals surface area contributed by atoms with Crippen LogP contribution in [0.5, 0.6) is 0 Å². The molecule has 2 unspecified atom stereocenters. The van der Waals surface area contributed by atoms with E-state index in [1.54, 1.807) is 4.90 Å². The summed E-state index contributed by atoms with van der Waals surface area (Å²) >= 11 is 0. The van der Waals surface area contributed by atoms with Gasteiger partial charge in [0.2, 0.25) is 5.91 Å². The van der Waals surface area contributed by atoms with Gasteiger partial charge >= 0.3 is 6.09 Å². The highest BCUT2D eigenvalue weighted by Gasteiger charge is 2.40. The zero-order chi connectivity index (χ0) is 19.6. The highest BCUT2D eigenvalue weighted by Crippen LogP contribution is 2.30. The molecule has 0 spiro atoms. The van der Waals surface area contributed by atoms with Gasteiger partial charge in [0.15, 0.2) is 0 Å². The van der Waals surface area contributed by atoms with Crippen molar-refractivity contribution in [2.45, 2.75) is 92.0 Å². The normalized spacial score (nSPS) is 22.3. The Hall–Kier alpha value is -1.30. The number of nitrogens with one attached hydrogen (secondary N) is 2. The van der Waals surface area contributed by atoms with E-state index in [2.05, 4.69) is 24.5 Å². The third-order valence-electron chi connectivity index (χ3n) is 4.22. The van der Waals surface area contributed by atoms with Crippen molar-refractivity contribution >= 4 is 12.0 Å². The molecule has 1 rings (SSSR count). The highest BCUT2D eigenvalue weighted by molar-refractivity contribution is 5.82. The van der Waals surface area contributed by atoms with Gasteiger partial charge in [0.05, 0.1) is 6.04 Å². The Morgan fingerprint density at radius 3 is 2.16 bits per heavy atom. The Bertz CT molecular complexity index is 489. The minimum atomic E-state index is -0.490. The van der Waals surface area contributed by atoms with Crippen molar-refractivity contribution in [2.75, 3.05) is 13.1 Å². The summed E-state index contributed by atoms with van der Waals surface area (Å²) < 4.78 is 5.48. The minimum Gasteiger partial charge on any atom is -0.444 e. The van der Waals surface area contributed by atoms with Crippen molar-refractivity contribution in [1.82, 2.24) is 15.5 Å². The highest BCUT2D eigenvalue weighted by atomic mass is 16.6. The maximum atomic E-state index is 12.3. The van der Waals surface area contributed by atoms with E-state index in [9.17, 15) is 9.59 Å². The molecule has 6 heteroatoms. The largest absolute Gasteiger partial charge is 0.444 e. The van der Waals surface area contributed by atoms with Gasteiger partial charge in [0.1, 0.15) is 5.60 Å². The van der Waals surface area contributed by atoms with E-state index in [1.165, 1.54) is 0 Å². The van der Waals surface area contributed by atoms with Crippen molar-refractivity contribution in [3.8, 4) is 0 Å². The summed E-state index contributed by atoms with van der Waals surface area (Å²) in [5, 5.41) is 6.45. The molecule has 0 aliphatic carbocycles. The van der Waals surface area contributed by atoms with Gasteiger partial charge in [-0.05, 0) is 60.3 Å². The van der Waals surface area contributed by atoms with Crippen molar-refractivity contribution < 1.29 is 14.3 Å². The van der Waals surface area contributed by atoms with E-state index in [0.717, 1.165) is 6.42 Å². The van der Waals surface area contributed by atoms with E-state index in [0.29, 0.717) is 13.1 Å². The number of piperidine rings is 1. The lowest BCUT2D eigenvalue weighted by Crippen LogP contribution is -2.60. The molecule has 1 aliphatic rings. The summed E-state index contributed by atoms with van der Waals surface area (Å²) in [6, 6.07) is -0.122. The van der Waals surface area contributed by atoms with Gasteiger partial charge < -0.3 is 20.3 Å². The van der Waals surface area contributed by atoms with E-state index in [-0.39, 0.29) is 35.0 Å². The number of likely N-dealkylation sites (tertiary alicyclic amines) is 1. The number of hydrogen-bond donors (Lipinski definition) is 2. The van der Waals surface area contributed by atoms with E-state index in [4.69, 9.17) is 4.74 Å². The first-order valence-electron chi connectivity index (χ1n) is 9.17. The maximum Gasteiger partial charge on any atom is 0.410 e. The first-order chi connectivity index (χ1) is 11.1. The number of nitrogens with zero attached hydrogens (tertiary/aromatic N) is 1. The Kier molecular flexibility index (Phi) is 6.54. The third kappa shape index (κ3) is 7.22. The van der Waals surface area contributed by atoms with Crippen LogP contribution in [-0.2, 0) is 9.53 Å². The summed E-state index contributed by atoms with van der Waals surface area (Å²) in [5.74, 6) is -0.00197. The first kappa shape index (κ1) is 21.7. The SMILES string of the molecule is CC(NC1CCN(C(=O)OC(C)(C)C)CC1(C)C)C(=O)NC(C)(C)C. The number of hydrogen-bond acceptors (Lipinski definition) is 4. The summed E-state index contributed by atoms with van der Waals surface area (Å²) in [6.45, 7) is 18.9. The van der Waals surface area contributed by atoms with Crippen LogP contribution in [0.4, 0.5) is 4.79 Å². The molecule has 2 amide bonds. The smallest absolute Gasteiger partial charge is 0.410 e. The zero-order valence-corrected chi connectivity index (χ0v) is 17.4. The predicted octanol–water partition coefficient (Wildman–Crippen LogP) is 2.91. The molecule has 0 bridgehead atoms. The van der Waals surface area contributed by atoms with Gasteiger partial charge in [0, 0.05) is 24.7 Å². The number of amides is 2. The van der Waals surface area contributed by atoms with Gasteiger partial charge in [-0.25, -0.2) is 4.79 Å². The van der Waals surface area contributed by atoms with Crippen molar-refractivity contribution in [3.05, 3.63) is 0 Å². The van der Waals surface area contributed by atoms with Crippen LogP contribution < -0.4 is 10.6 Å². The molecule has 1 aliphatic heterocycles. The Labute approximate surface area is 153 Å². The van der Waals surface area contributed by atoms with Gasteiger partial charge in [-0.1, -0.05) is 13.8 Å². The second-order valence-corrected chi connectivity index (χ2v) is 9.86. The maximum absolute atomic E-state index is 12.3. The zero-order valence-electron chi connectivity index (χ0n) is 17.4. The lowest BCUT2D eigenvalue weighted by Gasteiger charge is -2.45. The van der Waals surface area contributed by atoms with Crippen LogP contribution in [0.25, 0.3) is 0 Å². The summed E-state index contributed by atoms with van der Waals surface area (Å²) in [4.78, 5) is 26.4. The molecule has 6 nitrogen and oxygen atoms in total. The Balaban J connectivity index is 2.65. The first-order valence-corrected chi connectivity index (χ1v) is 9.17. The second-order valence-electron chi connectivity index (χ2n) is 9.86. The van der Waals surface area contributed by atoms with Crippen molar-refractivity contribution in [2.24, 2.45) is 5.41 Å². The van der Waals surface area contributed by atoms with Crippen LogP contribution in [0.15, 0.2) is 0 Å². The quantitative estimate of drug-likeness (QED) is 0.817. The van der Waals surface area contributed by atoms with Crippen LogP contribution in [-0.4, -0.2) is 53.2 Å². The number of carbonyl (C=O) groups excluding carboxylic acids is 2. The number of rotatable bonds is 3. The molecule has 1 saturated heterocycles. The average molecular weight is 356 g/mol. The van der Waals surface area contributed by atoms with Gasteiger partial charge in [-0.15, -0.1) is 0 Å². The molecule has 0 radical (unpaired) electrons. The molecule has 0 aromatic heterocycles. The molecule has 25 heavy (non-hydrogen) atoms. The third-order valence-corrected chi connectivity index (χ3v) is 4.22. The van der Waals surface area contributed by atoms with Crippen LogP contribution in [0.2, 0.25) is 0 Å². The van der Waals surface area contributed by atoms with E-state index in [1.807, 2.05) is 48.5 Å². The Morgan fingerprint density at radius 1 is 1.16 bits per heavy atom. The number of ether oxygens (including phenoxy) is 1. The van der Waals surface area contributed by atoms with Gasteiger partial charge in [0.25, 0.3) is 0 Å². The van der Waals surface area contributed by atoms with Gasteiger partial charge in [-0.3, -0.25) is 4.79 Å². The average Bonchev–Trinajstić information content (AvgIpc) is 2.36. The van der Waals surface area contributed by atoms with Crippen LogP contribution in [0.3, 0.4) is 0 Å². The molecular weight excluding hydrogens is 318 g/mol. The van der Waals surface area contributed by atoms with Gasteiger partial charge in [-0.2, -0.15) is 0 Å². The van der Waals surface area contributed by atoms with Crippen molar-refractivity contribution in [3.63, 3.8) is 0 Å². The Morgan fingerprint density at radius 2 is 1.72 bits per heavy atom. The van der Waals surface area contributed by atoms with E-state index < -0.39 is 5.60 Å². The molecule has 1 fully saturated rings. The predicted molar refractivity (Wildman–Crippen MR) is 100 cm³/mol. The molecule has 0 aromatic carbocycles. The molecule has 146 valence electrons. The molecule has 1 heterocycles. The fourth-order valence-electron chi connectivity index (χ4n) is 3.00. The molecule has 2 atom stereocenters. The standard InChI is InChI=1S/C19H37N3O3/c1-13(15(23)21-17(2,3)4)20-14-10-11-22(12-19(14,8)9)16(24)25-18(5,6)7/h13-14,20H,10-12H2,1-9H3,(H,21,23). The lowest BCUT2D eigenvalue weighted by molar-refractivity contribution is -0.124. The fraction of sp³-hybridized carbons (Fsp3) is 0.895. The van der Waals surface area contributed by atoms with Crippen molar-refractivity contribution in [1.29, 1.82) is 0 Å². The summed E-state index contributed by atoms with van der Waals surface area (Å²) in [7, 11) is 0. The van der Waals surface area contributed by atoms with Crippen LogP contribution in [0, 0.1) is 5.41 Å². The topological polar surface area (TPSA) is 70.7 Å². The molecular formula is C19H37N3O3. The summed E-state index contributed by atoms with van der Waals surface area (Å²) in [6.07, 6.45) is 0.525. The summed E-state index contributed by atoms with van der Waals surface area (Å²) in [5.41, 5.74) is -0.885.